The van der Waals surface area contributed by atoms with Crippen molar-refractivity contribution < 1.29 is 13.6 Å². The van der Waals surface area contributed by atoms with Gasteiger partial charge in [0.05, 0.1) is 5.56 Å². The Balaban J connectivity index is 1.47. The second kappa shape index (κ2) is 7.87. The summed E-state index contributed by atoms with van der Waals surface area (Å²) in [6, 6.07) is 9.47. The second-order valence-electron chi connectivity index (χ2n) is 7.67. The molecule has 1 fully saturated rings. The number of carbonyl (C=O) groups excluding carboxylic acids is 1. The molecular formula is C23H26N2O4. The number of amides is 1. The van der Waals surface area contributed by atoms with E-state index in [4.69, 9.17) is 8.83 Å². The zero-order valence-electron chi connectivity index (χ0n) is 17.2. The number of piperazine rings is 1. The van der Waals surface area contributed by atoms with Crippen LogP contribution in [-0.2, 0) is 13.0 Å². The first kappa shape index (κ1) is 19.5. The SMILES string of the molecule is CCc1ccc2c(CN3CCN(C(=O)c4cc(C)oc4C)CC3)cc(=O)oc2c1. The van der Waals surface area contributed by atoms with Crippen molar-refractivity contribution in [3.05, 3.63) is 69.0 Å². The molecule has 0 radical (unpaired) electrons. The van der Waals surface area contributed by atoms with Crippen LogP contribution in [0.4, 0.5) is 0 Å². The Bertz CT molecular complexity index is 1100. The van der Waals surface area contributed by atoms with Crippen molar-refractivity contribution in [3.63, 3.8) is 0 Å². The quantitative estimate of drug-likeness (QED) is 0.634. The summed E-state index contributed by atoms with van der Waals surface area (Å²) in [4.78, 5) is 29.0. The van der Waals surface area contributed by atoms with Crippen LogP contribution in [0.2, 0.25) is 0 Å². The van der Waals surface area contributed by atoms with E-state index in [1.807, 2.05) is 36.9 Å². The van der Waals surface area contributed by atoms with Crippen LogP contribution >= 0.6 is 0 Å². The molecule has 3 heterocycles. The number of benzene rings is 1. The molecule has 6 heteroatoms. The van der Waals surface area contributed by atoms with Gasteiger partial charge in [0.25, 0.3) is 5.91 Å². The molecule has 3 aromatic rings. The topological polar surface area (TPSA) is 66.9 Å². The van der Waals surface area contributed by atoms with Gasteiger partial charge in [-0.05, 0) is 43.5 Å². The fraction of sp³-hybridized carbons (Fsp3) is 0.391. The lowest BCUT2D eigenvalue weighted by atomic mass is 10.1. The van der Waals surface area contributed by atoms with Crippen LogP contribution in [0.25, 0.3) is 11.0 Å². The average Bonchev–Trinajstić information content (AvgIpc) is 3.05. The van der Waals surface area contributed by atoms with Crippen molar-refractivity contribution in [2.45, 2.75) is 33.7 Å². The maximum atomic E-state index is 12.8. The van der Waals surface area contributed by atoms with E-state index in [9.17, 15) is 9.59 Å². The van der Waals surface area contributed by atoms with Gasteiger partial charge in [-0.15, -0.1) is 0 Å². The molecular weight excluding hydrogens is 368 g/mol. The molecule has 1 saturated heterocycles. The van der Waals surface area contributed by atoms with E-state index in [1.54, 1.807) is 6.07 Å². The minimum atomic E-state index is -0.319. The van der Waals surface area contributed by atoms with Crippen molar-refractivity contribution in [3.8, 4) is 0 Å². The highest BCUT2D eigenvalue weighted by Gasteiger charge is 2.25. The molecule has 1 aliphatic heterocycles. The summed E-state index contributed by atoms with van der Waals surface area (Å²) < 4.78 is 10.9. The summed E-state index contributed by atoms with van der Waals surface area (Å²) in [5.41, 5.74) is 3.09. The predicted octanol–water partition coefficient (Wildman–Crippen LogP) is 3.52. The van der Waals surface area contributed by atoms with Crippen LogP contribution in [-0.4, -0.2) is 41.9 Å². The Hall–Kier alpha value is -2.86. The number of carbonyl (C=O) groups is 1. The van der Waals surface area contributed by atoms with E-state index in [1.165, 1.54) is 0 Å². The molecule has 2 aromatic heterocycles. The lowest BCUT2D eigenvalue weighted by Crippen LogP contribution is -2.48. The van der Waals surface area contributed by atoms with Gasteiger partial charge in [-0.25, -0.2) is 4.79 Å². The third kappa shape index (κ3) is 3.98. The van der Waals surface area contributed by atoms with Gasteiger partial charge in [0.2, 0.25) is 0 Å². The molecule has 1 aromatic carbocycles. The molecule has 0 N–H and O–H groups in total. The summed E-state index contributed by atoms with van der Waals surface area (Å²) in [5.74, 6) is 1.45. The fourth-order valence-corrected chi connectivity index (χ4v) is 3.99. The highest BCUT2D eigenvalue weighted by molar-refractivity contribution is 5.95. The summed E-state index contributed by atoms with van der Waals surface area (Å²) in [6.45, 7) is 9.25. The van der Waals surface area contributed by atoms with E-state index in [-0.39, 0.29) is 11.5 Å². The summed E-state index contributed by atoms with van der Waals surface area (Å²) in [6.07, 6.45) is 0.898. The molecule has 4 rings (SSSR count). The largest absolute Gasteiger partial charge is 0.466 e. The molecule has 1 amide bonds. The Morgan fingerprint density at radius 3 is 2.45 bits per heavy atom. The average molecular weight is 394 g/mol. The summed E-state index contributed by atoms with van der Waals surface area (Å²) in [7, 11) is 0. The van der Waals surface area contributed by atoms with Crippen molar-refractivity contribution in [2.24, 2.45) is 0 Å². The normalized spacial score (nSPS) is 15.2. The van der Waals surface area contributed by atoms with Gasteiger partial charge in [0, 0.05) is 44.2 Å². The number of furan rings is 1. The monoisotopic (exact) mass is 394 g/mol. The first-order valence-corrected chi connectivity index (χ1v) is 10.1. The Labute approximate surface area is 169 Å². The van der Waals surface area contributed by atoms with Crippen LogP contribution in [0, 0.1) is 13.8 Å². The van der Waals surface area contributed by atoms with E-state index >= 15 is 0 Å². The number of hydrogen-bond donors (Lipinski definition) is 0. The Kier molecular flexibility index (Phi) is 5.28. The molecule has 1 aliphatic rings. The van der Waals surface area contributed by atoms with Crippen LogP contribution in [0.3, 0.4) is 0 Å². The van der Waals surface area contributed by atoms with Gasteiger partial charge in [0.15, 0.2) is 0 Å². The number of rotatable bonds is 4. The molecule has 0 spiro atoms. The zero-order valence-corrected chi connectivity index (χ0v) is 17.2. The van der Waals surface area contributed by atoms with Gasteiger partial charge in [-0.3, -0.25) is 9.69 Å². The van der Waals surface area contributed by atoms with Crippen molar-refractivity contribution in [1.82, 2.24) is 9.80 Å². The van der Waals surface area contributed by atoms with Crippen molar-refractivity contribution in [1.29, 1.82) is 0 Å². The molecule has 29 heavy (non-hydrogen) atoms. The first-order chi connectivity index (χ1) is 13.9. The molecule has 0 bridgehead atoms. The highest BCUT2D eigenvalue weighted by Crippen LogP contribution is 2.22. The molecule has 0 atom stereocenters. The zero-order chi connectivity index (χ0) is 20.5. The summed E-state index contributed by atoms with van der Waals surface area (Å²) in [5, 5.41) is 0.977. The van der Waals surface area contributed by atoms with Gasteiger partial charge in [0.1, 0.15) is 17.1 Å². The fourth-order valence-electron chi connectivity index (χ4n) is 3.99. The minimum Gasteiger partial charge on any atom is -0.466 e. The Morgan fingerprint density at radius 1 is 1.03 bits per heavy atom. The molecule has 6 nitrogen and oxygen atoms in total. The van der Waals surface area contributed by atoms with Gasteiger partial charge >= 0.3 is 5.63 Å². The number of hydrogen-bond acceptors (Lipinski definition) is 5. The number of aryl methyl sites for hydroxylation is 3. The van der Waals surface area contributed by atoms with Crippen LogP contribution in [0.5, 0.6) is 0 Å². The smallest absolute Gasteiger partial charge is 0.336 e. The number of fused-ring (bicyclic) bond motifs is 1. The molecule has 152 valence electrons. The summed E-state index contributed by atoms with van der Waals surface area (Å²) >= 11 is 0. The van der Waals surface area contributed by atoms with Gasteiger partial charge in [-0.2, -0.15) is 0 Å². The van der Waals surface area contributed by atoms with Crippen molar-refractivity contribution >= 4 is 16.9 Å². The van der Waals surface area contributed by atoms with E-state index in [0.29, 0.717) is 36.5 Å². The highest BCUT2D eigenvalue weighted by atomic mass is 16.4. The van der Waals surface area contributed by atoms with Gasteiger partial charge < -0.3 is 13.7 Å². The van der Waals surface area contributed by atoms with E-state index < -0.39 is 0 Å². The maximum absolute atomic E-state index is 12.8. The molecule has 0 unspecified atom stereocenters. The lowest BCUT2D eigenvalue weighted by molar-refractivity contribution is 0.0627. The maximum Gasteiger partial charge on any atom is 0.336 e. The van der Waals surface area contributed by atoms with Crippen molar-refractivity contribution in [2.75, 3.05) is 26.2 Å². The lowest BCUT2D eigenvalue weighted by Gasteiger charge is -2.34. The van der Waals surface area contributed by atoms with Gasteiger partial charge in [-0.1, -0.05) is 19.1 Å². The third-order valence-corrected chi connectivity index (χ3v) is 5.63. The van der Waals surface area contributed by atoms with Crippen LogP contribution in [0.1, 0.15) is 39.9 Å². The Morgan fingerprint density at radius 2 is 1.79 bits per heavy atom. The standard InChI is InChI=1S/C23H26N2O4/c1-4-17-5-6-19-18(13-22(26)29-21(19)12-17)14-24-7-9-25(10-8-24)23(27)20-11-15(2)28-16(20)3/h5-6,11-13H,4,7-10,14H2,1-3H3. The van der Waals surface area contributed by atoms with Crippen LogP contribution in [0.15, 0.2) is 44.0 Å². The third-order valence-electron chi connectivity index (χ3n) is 5.63. The molecule has 0 aliphatic carbocycles. The first-order valence-electron chi connectivity index (χ1n) is 10.1. The predicted molar refractivity (Wildman–Crippen MR) is 111 cm³/mol. The van der Waals surface area contributed by atoms with E-state index in [2.05, 4.69) is 17.9 Å². The van der Waals surface area contributed by atoms with Crippen LogP contribution < -0.4 is 5.63 Å². The minimum absolute atomic E-state index is 0.0249. The molecule has 0 saturated carbocycles. The van der Waals surface area contributed by atoms with E-state index in [0.717, 1.165) is 41.8 Å². The number of nitrogens with zero attached hydrogens (tertiary/aromatic N) is 2. The second-order valence-corrected chi connectivity index (χ2v) is 7.67.